The predicted octanol–water partition coefficient (Wildman–Crippen LogP) is 6.02. The van der Waals surface area contributed by atoms with Gasteiger partial charge in [0.15, 0.2) is 0 Å². The van der Waals surface area contributed by atoms with Gasteiger partial charge in [0.1, 0.15) is 29.2 Å². The molecule has 3 aliphatic rings. The summed E-state index contributed by atoms with van der Waals surface area (Å²) in [6.45, 7) is 2.25. The minimum atomic E-state index is -0.0208. The summed E-state index contributed by atoms with van der Waals surface area (Å²) in [6.07, 6.45) is 14.5. The summed E-state index contributed by atoms with van der Waals surface area (Å²) in [6, 6.07) is 7.72. The quantitative estimate of drug-likeness (QED) is 0.334. The molecule has 1 aromatic heterocycles. The van der Waals surface area contributed by atoms with E-state index in [1.165, 1.54) is 44.9 Å². The van der Waals surface area contributed by atoms with Crippen molar-refractivity contribution in [1.82, 2.24) is 10.3 Å². The molecule has 2 amide bonds. The van der Waals surface area contributed by atoms with Crippen LogP contribution in [-0.4, -0.2) is 28.9 Å². The molecule has 0 unspecified atom stereocenters. The van der Waals surface area contributed by atoms with Gasteiger partial charge in [0.25, 0.3) is 0 Å². The molecule has 7 heteroatoms. The van der Waals surface area contributed by atoms with Crippen LogP contribution in [0.4, 0.5) is 5.82 Å². The number of nitrogens with one attached hydrogen (secondary N) is 2. The van der Waals surface area contributed by atoms with Gasteiger partial charge in [-0.2, -0.15) is 0 Å². The maximum absolute atomic E-state index is 12.5. The van der Waals surface area contributed by atoms with Gasteiger partial charge in [-0.1, -0.05) is 58.3 Å². The summed E-state index contributed by atoms with van der Waals surface area (Å²) in [4.78, 5) is 28.4. The summed E-state index contributed by atoms with van der Waals surface area (Å²) in [5.74, 6) is 3.15. The first-order valence-electron chi connectivity index (χ1n) is 13.7. The molecule has 3 atom stereocenters. The lowest BCUT2D eigenvalue weighted by atomic mass is 10.1. The molecule has 0 saturated heterocycles. The molecule has 0 bridgehead atoms. The van der Waals surface area contributed by atoms with Crippen molar-refractivity contribution in [2.45, 2.75) is 102 Å². The topological polar surface area (TPSA) is 89.6 Å². The molecule has 3 heterocycles. The van der Waals surface area contributed by atoms with Gasteiger partial charge in [0.05, 0.1) is 12.0 Å². The number of anilines is 1. The van der Waals surface area contributed by atoms with E-state index >= 15 is 0 Å². The third-order valence-electron chi connectivity index (χ3n) is 7.49. The number of nitrogens with zero attached hydrogens (tertiary/aromatic N) is 1. The van der Waals surface area contributed by atoms with Crippen LogP contribution in [0, 0.1) is 0 Å². The lowest BCUT2D eigenvalue weighted by Gasteiger charge is -2.19. The molecule has 1 fully saturated rings. The van der Waals surface area contributed by atoms with Crippen LogP contribution in [0.15, 0.2) is 30.5 Å². The van der Waals surface area contributed by atoms with Crippen LogP contribution in [0.1, 0.15) is 94.6 Å². The lowest BCUT2D eigenvalue weighted by Crippen LogP contribution is -2.29. The number of benzene rings is 1. The zero-order valence-electron chi connectivity index (χ0n) is 21.2. The standard InChI is InChI=1S/C29H37N3O4/c1-2-3-4-5-6-7-8-9-10-11-24(33)31-27-26-21-18-19(12-14-22(21)36-28(26)27)35-23-16-17-30-29-20(23)13-15-25(34)32-29/h12,14,16-18,26-28H,2-11,13,15H2,1H3,(H,31,33)(H,30,32,34)/t26-,27-,28-/m0/s1. The molecule has 2 N–H and O–H groups in total. The van der Waals surface area contributed by atoms with Crippen molar-refractivity contribution < 1.29 is 19.1 Å². The number of ether oxygens (including phenoxy) is 2. The second-order valence-corrected chi connectivity index (χ2v) is 10.3. The molecule has 1 saturated carbocycles. The van der Waals surface area contributed by atoms with E-state index in [4.69, 9.17) is 9.47 Å². The highest BCUT2D eigenvalue weighted by atomic mass is 16.5. The number of unbranched alkanes of at least 4 members (excludes halogenated alkanes) is 8. The highest BCUT2D eigenvalue weighted by Crippen LogP contribution is 2.54. The summed E-state index contributed by atoms with van der Waals surface area (Å²) in [7, 11) is 0. The summed E-state index contributed by atoms with van der Waals surface area (Å²) in [5, 5.41) is 5.99. The molecular weight excluding hydrogens is 454 g/mol. The van der Waals surface area contributed by atoms with Crippen LogP contribution < -0.4 is 20.1 Å². The fourth-order valence-corrected chi connectivity index (χ4v) is 5.41. The first-order chi connectivity index (χ1) is 17.6. The molecule has 5 rings (SSSR count). The maximum Gasteiger partial charge on any atom is 0.225 e. The Bertz CT molecular complexity index is 1100. The Balaban J connectivity index is 1.08. The zero-order chi connectivity index (χ0) is 24.9. The number of hydrogen-bond donors (Lipinski definition) is 2. The average molecular weight is 492 g/mol. The SMILES string of the molecule is CCCCCCCCCCCC(=O)N[C@@H]1[C@H]2Oc3ccc(Oc4ccnc5c4CCC(=O)N5)cc3[C@@H]12. The van der Waals surface area contributed by atoms with Gasteiger partial charge in [0, 0.05) is 30.2 Å². The first-order valence-corrected chi connectivity index (χ1v) is 13.7. The number of aromatic nitrogens is 1. The van der Waals surface area contributed by atoms with Crippen molar-refractivity contribution in [2.24, 2.45) is 0 Å². The molecule has 192 valence electrons. The van der Waals surface area contributed by atoms with E-state index in [2.05, 4.69) is 22.5 Å². The number of pyridine rings is 1. The smallest absolute Gasteiger partial charge is 0.225 e. The number of hydrogen-bond acceptors (Lipinski definition) is 5. The van der Waals surface area contributed by atoms with E-state index in [-0.39, 0.29) is 29.9 Å². The Labute approximate surface area is 213 Å². The minimum absolute atomic E-state index is 0.0196. The Morgan fingerprint density at radius 3 is 2.67 bits per heavy atom. The zero-order valence-corrected chi connectivity index (χ0v) is 21.2. The Morgan fingerprint density at radius 1 is 1.08 bits per heavy atom. The summed E-state index contributed by atoms with van der Waals surface area (Å²) in [5.41, 5.74) is 2.00. The largest absolute Gasteiger partial charge is 0.487 e. The molecule has 0 spiro atoms. The van der Waals surface area contributed by atoms with Gasteiger partial charge in [-0.25, -0.2) is 4.98 Å². The van der Waals surface area contributed by atoms with Crippen molar-refractivity contribution in [3.05, 3.63) is 41.6 Å². The normalized spacial score (nSPS) is 21.0. The van der Waals surface area contributed by atoms with Gasteiger partial charge < -0.3 is 20.1 Å². The third kappa shape index (κ3) is 5.66. The van der Waals surface area contributed by atoms with Crippen LogP contribution in [0.25, 0.3) is 0 Å². The monoisotopic (exact) mass is 491 g/mol. The van der Waals surface area contributed by atoms with Crippen molar-refractivity contribution in [2.75, 3.05) is 5.32 Å². The molecule has 1 aliphatic carbocycles. The lowest BCUT2D eigenvalue weighted by molar-refractivity contribution is -0.121. The Morgan fingerprint density at radius 2 is 1.86 bits per heavy atom. The molecule has 2 aromatic rings. The second-order valence-electron chi connectivity index (χ2n) is 10.3. The van der Waals surface area contributed by atoms with Crippen LogP contribution in [0.5, 0.6) is 17.2 Å². The molecule has 36 heavy (non-hydrogen) atoms. The van der Waals surface area contributed by atoms with Crippen molar-refractivity contribution in [1.29, 1.82) is 0 Å². The van der Waals surface area contributed by atoms with E-state index in [1.807, 2.05) is 24.3 Å². The van der Waals surface area contributed by atoms with Gasteiger partial charge >= 0.3 is 0 Å². The van der Waals surface area contributed by atoms with Crippen LogP contribution in [-0.2, 0) is 16.0 Å². The van der Waals surface area contributed by atoms with Gasteiger partial charge in [0.2, 0.25) is 11.8 Å². The predicted molar refractivity (Wildman–Crippen MR) is 139 cm³/mol. The van der Waals surface area contributed by atoms with Crippen LogP contribution in [0.2, 0.25) is 0 Å². The number of fused-ring (bicyclic) bond motifs is 4. The number of rotatable bonds is 13. The fourth-order valence-electron chi connectivity index (χ4n) is 5.41. The summed E-state index contributed by atoms with van der Waals surface area (Å²) >= 11 is 0. The first kappa shape index (κ1) is 24.6. The van der Waals surface area contributed by atoms with E-state index in [0.717, 1.165) is 35.5 Å². The average Bonchev–Trinajstić information content (AvgIpc) is 3.39. The van der Waals surface area contributed by atoms with Gasteiger partial charge in [-0.15, -0.1) is 0 Å². The number of carbonyl (C=O) groups excluding carboxylic acids is 2. The number of carbonyl (C=O) groups is 2. The van der Waals surface area contributed by atoms with Crippen molar-refractivity contribution in [3.63, 3.8) is 0 Å². The Kier molecular flexibility index (Phi) is 7.73. The van der Waals surface area contributed by atoms with E-state index in [9.17, 15) is 9.59 Å². The van der Waals surface area contributed by atoms with Gasteiger partial charge in [-0.05, 0) is 37.1 Å². The van der Waals surface area contributed by atoms with Crippen LogP contribution >= 0.6 is 0 Å². The Hall–Kier alpha value is -3.09. The molecule has 1 aromatic carbocycles. The third-order valence-corrected chi connectivity index (χ3v) is 7.49. The molecule has 0 radical (unpaired) electrons. The maximum atomic E-state index is 12.5. The second kappa shape index (κ2) is 11.3. The molecular formula is C29H37N3O4. The van der Waals surface area contributed by atoms with Crippen LogP contribution in [0.3, 0.4) is 0 Å². The molecule has 7 nitrogen and oxygen atoms in total. The van der Waals surface area contributed by atoms with E-state index < -0.39 is 0 Å². The minimum Gasteiger partial charge on any atom is -0.487 e. The number of amides is 2. The van der Waals surface area contributed by atoms with Gasteiger partial charge in [-0.3, -0.25) is 9.59 Å². The van der Waals surface area contributed by atoms with Crippen molar-refractivity contribution in [3.8, 4) is 17.2 Å². The van der Waals surface area contributed by atoms with E-state index in [1.54, 1.807) is 6.20 Å². The van der Waals surface area contributed by atoms with E-state index in [0.29, 0.717) is 30.8 Å². The van der Waals surface area contributed by atoms with Crippen molar-refractivity contribution >= 4 is 17.6 Å². The summed E-state index contributed by atoms with van der Waals surface area (Å²) < 4.78 is 12.3. The fraction of sp³-hybridized carbons (Fsp3) is 0.552. The highest BCUT2D eigenvalue weighted by molar-refractivity contribution is 5.93. The molecule has 2 aliphatic heterocycles. The highest BCUT2D eigenvalue weighted by Gasteiger charge is 2.59.